The maximum Gasteiger partial charge on any atom is 0.417 e. The summed E-state index contributed by atoms with van der Waals surface area (Å²) in [5, 5.41) is 2.80. The fourth-order valence-electron chi connectivity index (χ4n) is 3.87. The molecule has 1 saturated heterocycles. The molecule has 35 heavy (non-hydrogen) atoms. The van der Waals surface area contributed by atoms with E-state index in [0.717, 1.165) is 11.1 Å². The molecule has 0 saturated carbocycles. The van der Waals surface area contributed by atoms with Crippen molar-refractivity contribution in [2.45, 2.75) is 19.3 Å². The highest BCUT2D eigenvalue weighted by Crippen LogP contribution is 2.21. The first-order chi connectivity index (χ1) is 17.0. The van der Waals surface area contributed by atoms with Crippen molar-refractivity contribution >= 4 is 17.9 Å². The summed E-state index contributed by atoms with van der Waals surface area (Å²) in [6, 6.07) is 20.9. The lowest BCUT2D eigenvalue weighted by molar-refractivity contribution is -0.128. The minimum Gasteiger partial charge on any atom is -0.410 e. The Morgan fingerprint density at radius 3 is 2.31 bits per heavy atom. The van der Waals surface area contributed by atoms with Crippen LogP contribution in [-0.2, 0) is 17.9 Å². The number of carbonyl (C=O) groups is 3. The van der Waals surface area contributed by atoms with E-state index in [0.29, 0.717) is 12.3 Å². The van der Waals surface area contributed by atoms with E-state index < -0.39 is 29.9 Å². The van der Waals surface area contributed by atoms with Gasteiger partial charge in [0.2, 0.25) is 0 Å². The first kappa shape index (κ1) is 23.9. The molecule has 0 radical (unpaired) electrons. The Kier molecular flexibility index (Phi) is 7.37. The standard InChI is InChI=1S/C26H25FN4O4/c27-21-11-9-20(10-12-21)25(33)30-13-14-31(26(34)35-22-7-2-1-3-8-22)24(30)23(32)29-17-19-6-4-5-18(15-19)16-28/h1-12,15,24H,13-14,16-17,28H2,(H,29,32). The van der Waals surface area contributed by atoms with Crippen molar-refractivity contribution in [2.24, 2.45) is 5.73 Å². The van der Waals surface area contributed by atoms with Crippen LogP contribution >= 0.6 is 0 Å². The molecule has 0 aromatic heterocycles. The molecule has 9 heteroatoms. The maximum atomic E-state index is 13.4. The van der Waals surface area contributed by atoms with Crippen LogP contribution in [0.3, 0.4) is 0 Å². The Morgan fingerprint density at radius 2 is 1.60 bits per heavy atom. The third kappa shape index (κ3) is 5.64. The molecule has 3 aromatic rings. The van der Waals surface area contributed by atoms with E-state index in [1.165, 1.54) is 34.1 Å². The lowest BCUT2D eigenvalue weighted by Crippen LogP contribution is -2.54. The van der Waals surface area contributed by atoms with E-state index in [1.807, 2.05) is 24.3 Å². The summed E-state index contributed by atoms with van der Waals surface area (Å²) in [5.74, 6) is -1.20. The van der Waals surface area contributed by atoms with E-state index in [4.69, 9.17) is 10.5 Å². The topological polar surface area (TPSA) is 105 Å². The number of ether oxygens (including phenoxy) is 1. The third-order valence-corrected chi connectivity index (χ3v) is 5.64. The predicted octanol–water partition coefficient (Wildman–Crippen LogP) is 2.88. The number of carbonyl (C=O) groups excluding carboxylic acids is 3. The largest absolute Gasteiger partial charge is 0.417 e. The molecule has 180 valence electrons. The van der Waals surface area contributed by atoms with Gasteiger partial charge in [0.25, 0.3) is 11.8 Å². The normalized spacial score (nSPS) is 15.1. The number of halogens is 1. The molecule has 1 unspecified atom stereocenters. The first-order valence-corrected chi connectivity index (χ1v) is 11.1. The second-order valence-electron chi connectivity index (χ2n) is 8.00. The van der Waals surface area contributed by atoms with Crippen molar-refractivity contribution < 1.29 is 23.5 Å². The van der Waals surface area contributed by atoms with Gasteiger partial charge >= 0.3 is 6.09 Å². The second-order valence-corrected chi connectivity index (χ2v) is 8.00. The smallest absolute Gasteiger partial charge is 0.410 e. The van der Waals surface area contributed by atoms with Crippen LogP contribution in [0.1, 0.15) is 21.5 Å². The van der Waals surface area contributed by atoms with Gasteiger partial charge in [-0.25, -0.2) is 9.18 Å². The highest BCUT2D eigenvalue weighted by atomic mass is 19.1. The number of rotatable bonds is 6. The number of nitrogens with zero attached hydrogens (tertiary/aromatic N) is 2. The average molecular weight is 477 g/mol. The van der Waals surface area contributed by atoms with E-state index in [9.17, 15) is 18.8 Å². The molecule has 1 atom stereocenters. The fraction of sp³-hybridized carbons (Fsp3) is 0.192. The molecular formula is C26H25FN4O4. The van der Waals surface area contributed by atoms with Gasteiger partial charge in [-0.15, -0.1) is 0 Å². The molecule has 1 heterocycles. The van der Waals surface area contributed by atoms with Crippen LogP contribution in [0.25, 0.3) is 0 Å². The molecule has 3 N–H and O–H groups in total. The molecule has 0 bridgehead atoms. The number of benzene rings is 3. The average Bonchev–Trinajstić information content (AvgIpc) is 3.33. The summed E-state index contributed by atoms with van der Waals surface area (Å²) in [6.07, 6.45) is -1.99. The zero-order chi connectivity index (χ0) is 24.8. The fourth-order valence-corrected chi connectivity index (χ4v) is 3.87. The van der Waals surface area contributed by atoms with Crippen LogP contribution in [0.2, 0.25) is 0 Å². The molecule has 1 fully saturated rings. The number of nitrogens with two attached hydrogens (primary N) is 1. The molecule has 3 aromatic carbocycles. The molecule has 4 rings (SSSR count). The first-order valence-electron chi connectivity index (χ1n) is 11.1. The van der Waals surface area contributed by atoms with Crippen molar-refractivity contribution in [2.75, 3.05) is 13.1 Å². The van der Waals surface area contributed by atoms with Gasteiger partial charge < -0.3 is 20.7 Å². The van der Waals surface area contributed by atoms with Gasteiger partial charge in [-0.1, -0.05) is 42.5 Å². The van der Waals surface area contributed by atoms with E-state index in [2.05, 4.69) is 5.32 Å². The number of hydrogen-bond acceptors (Lipinski definition) is 5. The summed E-state index contributed by atoms with van der Waals surface area (Å²) in [5.41, 5.74) is 7.64. The quantitative estimate of drug-likeness (QED) is 0.569. The number of amides is 3. The Balaban J connectivity index is 1.55. The van der Waals surface area contributed by atoms with E-state index in [-0.39, 0.29) is 25.2 Å². The summed E-state index contributed by atoms with van der Waals surface area (Å²) in [6.45, 7) is 0.757. The molecule has 8 nitrogen and oxygen atoms in total. The lowest BCUT2D eigenvalue weighted by Gasteiger charge is -2.28. The molecule has 1 aliphatic heterocycles. The van der Waals surface area contributed by atoms with Gasteiger partial charge in [-0.3, -0.25) is 14.5 Å². The molecule has 3 amide bonds. The van der Waals surface area contributed by atoms with Gasteiger partial charge in [0.1, 0.15) is 11.6 Å². The molecular weight excluding hydrogens is 451 g/mol. The van der Waals surface area contributed by atoms with Crippen LogP contribution in [0.4, 0.5) is 9.18 Å². The van der Waals surface area contributed by atoms with E-state index >= 15 is 0 Å². The Morgan fingerprint density at radius 1 is 0.914 bits per heavy atom. The Bertz CT molecular complexity index is 1200. The van der Waals surface area contributed by atoms with Crippen LogP contribution in [0.15, 0.2) is 78.9 Å². The van der Waals surface area contributed by atoms with Crippen molar-refractivity contribution in [3.05, 3.63) is 101 Å². The number of hydrogen-bond donors (Lipinski definition) is 2. The van der Waals surface area contributed by atoms with Crippen molar-refractivity contribution in [1.29, 1.82) is 0 Å². The molecule has 1 aliphatic rings. The summed E-state index contributed by atoms with van der Waals surface area (Å²) < 4.78 is 18.8. The zero-order valence-electron chi connectivity index (χ0n) is 18.9. The summed E-state index contributed by atoms with van der Waals surface area (Å²) in [7, 11) is 0. The predicted molar refractivity (Wildman–Crippen MR) is 127 cm³/mol. The number of para-hydroxylation sites is 1. The third-order valence-electron chi connectivity index (χ3n) is 5.64. The van der Waals surface area contributed by atoms with Gasteiger partial charge in [-0.05, 0) is 47.5 Å². The summed E-state index contributed by atoms with van der Waals surface area (Å²) in [4.78, 5) is 41.9. The van der Waals surface area contributed by atoms with Crippen LogP contribution in [0, 0.1) is 5.82 Å². The Hall–Kier alpha value is -4.24. The van der Waals surface area contributed by atoms with E-state index in [1.54, 1.807) is 30.3 Å². The van der Waals surface area contributed by atoms with Gasteiger partial charge in [0.15, 0.2) is 6.17 Å². The monoisotopic (exact) mass is 476 g/mol. The minimum absolute atomic E-state index is 0.0966. The highest BCUT2D eigenvalue weighted by Gasteiger charge is 2.43. The highest BCUT2D eigenvalue weighted by molar-refractivity contribution is 5.99. The van der Waals surface area contributed by atoms with Gasteiger partial charge in [0.05, 0.1) is 0 Å². The van der Waals surface area contributed by atoms with Crippen molar-refractivity contribution in [3.63, 3.8) is 0 Å². The molecule has 0 spiro atoms. The maximum absolute atomic E-state index is 13.4. The second kappa shape index (κ2) is 10.8. The van der Waals surface area contributed by atoms with Crippen molar-refractivity contribution in [1.82, 2.24) is 15.1 Å². The zero-order valence-corrected chi connectivity index (χ0v) is 18.9. The van der Waals surface area contributed by atoms with Crippen LogP contribution < -0.4 is 15.8 Å². The van der Waals surface area contributed by atoms with Crippen molar-refractivity contribution in [3.8, 4) is 5.75 Å². The Labute approximate surface area is 202 Å². The van der Waals surface area contributed by atoms with Crippen LogP contribution in [-0.4, -0.2) is 47.0 Å². The van der Waals surface area contributed by atoms with Crippen LogP contribution in [0.5, 0.6) is 5.75 Å². The minimum atomic E-state index is -1.23. The SMILES string of the molecule is NCc1cccc(CNC(=O)C2N(C(=O)Oc3ccccc3)CCN2C(=O)c2ccc(F)cc2)c1. The van der Waals surface area contributed by atoms with Gasteiger partial charge in [0, 0.05) is 31.7 Å². The lowest BCUT2D eigenvalue weighted by atomic mass is 10.1. The summed E-state index contributed by atoms with van der Waals surface area (Å²) >= 11 is 0. The molecule has 0 aliphatic carbocycles. The number of nitrogens with one attached hydrogen (secondary N) is 1. The van der Waals surface area contributed by atoms with Gasteiger partial charge in [-0.2, -0.15) is 0 Å².